The van der Waals surface area contributed by atoms with Gasteiger partial charge in [0, 0.05) is 11.0 Å². The molecule has 2 aromatic carbocycles. The van der Waals surface area contributed by atoms with E-state index in [4.69, 9.17) is 6.42 Å². The molecule has 0 N–H and O–H groups in total. The lowest BCUT2D eigenvalue weighted by atomic mass is 10.2. The summed E-state index contributed by atoms with van der Waals surface area (Å²) in [5.41, 5.74) is 1.88. The van der Waals surface area contributed by atoms with Gasteiger partial charge < -0.3 is 0 Å². The average molecular weight is 378 g/mol. The van der Waals surface area contributed by atoms with Crippen LogP contribution in [0.1, 0.15) is 11.1 Å². The highest BCUT2D eigenvalue weighted by atomic mass is 79.9. The molecular weight excluding hydrogens is 362 g/mol. The monoisotopic (exact) mass is 377 g/mol. The van der Waals surface area contributed by atoms with Gasteiger partial charge in [-0.25, -0.2) is 8.42 Å². The zero-order valence-electron chi connectivity index (χ0n) is 12.2. The number of benzene rings is 2. The van der Waals surface area contributed by atoms with Gasteiger partial charge in [-0.3, -0.25) is 0 Å². The first kappa shape index (κ1) is 16.8. The highest BCUT2D eigenvalue weighted by Gasteiger charge is 2.24. The fourth-order valence-electron chi connectivity index (χ4n) is 2.00. The van der Waals surface area contributed by atoms with Gasteiger partial charge in [-0.2, -0.15) is 4.31 Å². The van der Waals surface area contributed by atoms with E-state index in [0.29, 0.717) is 0 Å². The molecule has 0 saturated heterocycles. The van der Waals surface area contributed by atoms with Gasteiger partial charge in [-0.1, -0.05) is 57.7 Å². The van der Waals surface area contributed by atoms with E-state index in [1.165, 1.54) is 4.31 Å². The topological polar surface area (TPSA) is 37.4 Å². The number of aryl methyl sites for hydroxylation is 1. The molecule has 0 spiro atoms. The molecule has 0 saturated carbocycles. The highest BCUT2D eigenvalue weighted by molar-refractivity contribution is 9.10. The quantitative estimate of drug-likeness (QED) is 0.746. The predicted molar refractivity (Wildman–Crippen MR) is 91.7 cm³/mol. The number of sulfonamides is 1. The van der Waals surface area contributed by atoms with Crippen molar-refractivity contribution in [3.05, 3.63) is 64.1 Å². The molecule has 2 aromatic rings. The van der Waals surface area contributed by atoms with Crippen molar-refractivity contribution < 1.29 is 8.42 Å². The Morgan fingerprint density at radius 2 is 1.77 bits per heavy atom. The smallest absolute Gasteiger partial charge is 0.207 e. The SMILES string of the molecule is C#CCN(Cc1ccccc1Br)S(=O)(=O)c1ccc(C)cc1. The van der Waals surface area contributed by atoms with Gasteiger partial charge in [0.05, 0.1) is 11.4 Å². The summed E-state index contributed by atoms with van der Waals surface area (Å²) >= 11 is 3.44. The van der Waals surface area contributed by atoms with Crippen molar-refractivity contribution in [3.8, 4) is 12.3 Å². The van der Waals surface area contributed by atoms with E-state index in [2.05, 4.69) is 21.9 Å². The summed E-state index contributed by atoms with van der Waals surface area (Å²) in [6.45, 7) is 2.16. The van der Waals surface area contributed by atoms with Gasteiger partial charge in [0.1, 0.15) is 0 Å². The van der Waals surface area contributed by atoms with Gasteiger partial charge >= 0.3 is 0 Å². The Kier molecular flexibility index (Phi) is 5.41. The molecule has 2 rings (SSSR count). The Bertz CT molecular complexity index is 792. The molecule has 0 bridgehead atoms. The molecule has 0 atom stereocenters. The van der Waals surface area contributed by atoms with Crippen LogP contribution in [-0.4, -0.2) is 19.3 Å². The molecule has 3 nitrogen and oxygen atoms in total. The van der Waals surface area contributed by atoms with Crippen LogP contribution < -0.4 is 0 Å². The lowest BCUT2D eigenvalue weighted by Crippen LogP contribution is -2.31. The van der Waals surface area contributed by atoms with Gasteiger partial charge in [0.15, 0.2) is 0 Å². The van der Waals surface area contributed by atoms with E-state index in [9.17, 15) is 8.42 Å². The lowest BCUT2D eigenvalue weighted by molar-refractivity contribution is 0.442. The number of terminal acetylenes is 1. The van der Waals surface area contributed by atoms with Crippen LogP contribution in [0.15, 0.2) is 57.9 Å². The fourth-order valence-corrected chi connectivity index (χ4v) is 3.75. The molecule has 0 aromatic heterocycles. The van der Waals surface area contributed by atoms with Gasteiger partial charge in [0.25, 0.3) is 0 Å². The van der Waals surface area contributed by atoms with Crippen LogP contribution in [0.4, 0.5) is 0 Å². The van der Waals surface area contributed by atoms with Gasteiger partial charge in [-0.15, -0.1) is 6.42 Å². The van der Waals surface area contributed by atoms with Crippen molar-refractivity contribution in [1.29, 1.82) is 0 Å². The van der Waals surface area contributed by atoms with Gasteiger partial charge in [-0.05, 0) is 30.7 Å². The van der Waals surface area contributed by atoms with E-state index < -0.39 is 10.0 Å². The van der Waals surface area contributed by atoms with Crippen molar-refractivity contribution >= 4 is 26.0 Å². The third-order valence-corrected chi connectivity index (χ3v) is 5.81. The Balaban J connectivity index is 2.37. The van der Waals surface area contributed by atoms with E-state index in [1.807, 2.05) is 31.2 Å². The number of rotatable bonds is 5. The van der Waals surface area contributed by atoms with Crippen molar-refractivity contribution in [3.63, 3.8) is 0 Å². The molecule has 0 aliphatic heterocycles. The van der Waals surface area contributed by atoms with Crippen molar-refractivity contribution in [2.24, 2.45) is 0 Å². The molecule has 5 heteroatoms. The normalized spacial score (nSPS) is 11.4. The summed E-state index contributed by atoms with van der Waals surface area (Å²) in [5, 5.41) is 0. The molecule has 114 valence electrons. The van der Waals surface area contributed by atoms with Crippen LogP contribution >= 0.6 is 15.9 Å². The van der Waals surface area contributed by atoms with Crippen LogP contribution in [0.25, 0.3) is 0 Å². The maximum absolute atomic E-state index is 12.8. The highest BCUT2D eigenvalue weighted by Crippen LogP contribution is 2.22. The molecule has 0 fully saturated rings. The Morgan fingerprint density at radius 3 is 2.36 bits per heavy atom. The summed E-state index contributed by atoms with van der Waals surface area (Å²) < 4.78 is 27.7. The number of hydrogen-bond donors (Lipinski definition) is 0. The van der Waals surface area contributed by atoms with Crippen LogP contribution in [0, 0.1) is 19.3 Å². The number of hydrogen-bond acceptors (Lipinski definition) is 2. The summed E-state index contributed by atoms with van der Waals surface area (Å²) in [7, 11) is -3.62. The maximum Gasteiger partial charge on any atom is 0.244 e. The minimum atomic E-state index is -3.62. The Labute approximate surface area is 140 Å². The summed E-state index contributed by atoms with van der Waals surface area (Å²) in [6.07, 6.45) is 5.35. The lowest BCUT2D eigenvalue weighted by Gasteiger charge is -2.20. The summed E-state index contributed by atoms with van der Waals surface area (Å²) in [5.74, 6) is 2.43. The van der Waals surface area contributed by atoms with Crippen LogP contribution in [0.5, 0.6) is 0 Å². The zero-order chi connectivity index (χ0) is 16.2. The summed E-state index contributed by atoms with van der Waals surface area (Å²) in [4.78, 5) is 0.250. The molecule has 0 amide bonds. The Hall–Kier alpha value is -1.61. The second-order valence-electron chi connectivity index (χ2n) is 4.88. The standard InChI is InChI=1S/C17H16BrNO2S/c1-3-12-19(13-15-6-4-5-7-17(15)18)22(20,21)16-10-8-14(2)9-11-16/h1,4-11H,12-13H2,2H3. The molecule has 0 heterocycles. The second-order valence-corrected chi connectivity index (χ2v) is 7.67. The molecule has 0 aliphatic carbocycles. The predicted octanol–water partition coefficient (Wildman–Crippen LogP) is 3.58. The summed E-state index contributed by atoms with van der Waals surface area (Å²) in [6, 6.07) is 14.3. The van der Waals surface area contributed by atoms with E-state index in [1.54, 1.807) is 24.3 Å². The van der Waals surface area contributed by atoms with Crippen LogP contribution in [-0.2, 0) is 16.6 Å². The first-order chi connectivity index (χ1) is 10.4. The third-order valence-electron chi connectivity index (χ3n) is 3.23. The van der Waals surface area contributed by atoms with Crippen molar-refractivity contribution in [2.45, 2.75) is 18.4 Å². The van der Waals surface area contributed by atoms with E-state index >= 15 is 0 Å². The largest absolute Gasteiger partial charge is 0.244 e. The van der Waals surface area contributed by atoms with Crippen molar-refractivity contribution in [2.75, 3.05) is 6.54 Å². The molecule has 0 radical (unpaired) electrons. The molecule has 22 heavy (non-hydrogen) atoms. The maximum atomic E-state index is 12.8. The number of halogens is 1. The first-order valence-corrected chi connectivity index (χ1v) is 8.92. The minimum absolute atomic E-state index is 0.0253. The third kappa shape index (κ3) is 3.77. The average Bonchev–Trinajstić information content (AvgIpc) is 2.49. The van der Waals surface area contributed by atoms with Crippen LogP contribution in [0.2, 0.25) is 0 Å². The number of nitrogens with zero attached hydrogens (tertiary/aromatic N) is 1. The Morgan fingerprint density at radius 1 is 1.14 bits per heavy atom. The zero-order valence-corrected chi connectivity index (χ0v) is 14.6. The second kappa shape index (κ2) is 7.10. The fraction of sp³-hybridized carbons (Fsp3) is 0.176. The van der Waals surface area contributed by atoms with E-state index in [-0.39, 0.29) is 18.0 Å². The van der Waals surface area contributed by atoms with Gasteiger partial charge in [0.2, 0.25) is 10.0 Å². The van der Waals surface area contributed by atoms with Crippen molar-refractivity contribution in [1.82, 2.24) is 4.31 Å². The molecule has 0 aliphatic rings. The van der Waals surface area contributed by atoms with Crippen LogP contribution in [0.3, 0.4) is 0 Å². The molecule has 0 unspecified atom stereocenters. The first-order valence-electron chi connectivity index (χ1n) is 6.69. The minimum Gasteiger partial charge on any atom is -0.207 e. The molecular formula is C17H16BrNO2S. The van der Waals surface area contributed by atoms with E-state index in [0.717, 1.165) is 15.6 Å².